The molecule has 11 heteroatoms. The molecule has 0 unspecified atom stereocenters. The first-order chi connectivity index (χ1) is 14.8. The fourth-order valence-electron chi connectivity index (χ4n) is 2.51. The van der Waals surface area contributed by atoms with E-state index in [2.05, 4.69) is 15.4 Å². The van der Waals surface area contributed by atoms with E-state index < -0.39 is 27.7 Å². The number of rotatable bonds is 8. The number of halogens is 2. The van der Waals surface area contributed by atoms with E-state index in [1.165, 1.54) is 30.5 Å². The Morgan fingerprint density at radius 1 is 0.968 bits per heavy atom. The van der Waals surface area contributed by atoms with Crippen molar-refractivity contribution in [2.24, 2.45) is 0 Å². The molecule has 0 atom stereocenters. The van der Waals surface area contributed by atoms with Gasteiger partial charge in [-0.2, -0.15) is 0 Å². The van der Waals surface area contributed by atoms with Crippen LogP contribution in [0.25, 0.3) is 0 Å². The molecule has 2 amide bonds. The summed E-state index contributed by atoms with van der Waals surface area (Å²) in [7, 11) is -4.04. The van der Waals surface area contributed by atoms with Crippen molar-refractivity contribution in [3.05, 3.63) is 83.0 Å². The Morgan fingerprint density at radius 2 is 1.65 bits per heavy atom. The second-order valence-corrected chi connectivity index (χ2v) is 8.33. The summed E-state index contributed by atoms with van der Waals surface area (Å²) >= 11 is 6.06. The predicted molar refractivity (Wildman–Crippen MR) is 112 cm³/mol. The van der Waals surface area contributed by atoms with Crippen LogP contribution < -0.4 is 15.4 Å². The van der Waals surface area contributed by atoms with Gasteiger partial charge in [0, 0.05) is 18.7 Å². The summed E-state index contributed by atoms with van der Waals surface area (Å²) in [4.78, 5) is 23.9. The van der Waals surface area contributed by atoms with Crippen molar-refractivity contribution in [2.75, 3.05) is 17.8 Å². The van der Waals surface area contributed by atoms with Gasteiger partial charge in [0.25, 0.3) is 21.8 Å². The topological polar surface area (TPSA) is 118 Å². The van der Waals surface area contributed by atoms with E-state index in [-0.39, 0.29) is 40.0 Å². The molecule has 1 heterocycles. The summed E-state index contributed by atoms with van der Waals surface area (Å²) in [6, 6.07) is 11.4. The Labute approximate surface area is 182 Å². The minimum absolute atomic E-state index is 0.00948. The Hall–Kier alpha value is -3.37. The van der Waals surface area contributed by atoms with Crippen LogP contribution in [0.5, 0.6) is 0 Å². The molecular weight excluding hydrogens is 449 g/mol. The van der Waals surface area contributed by atoms with Gasteiger partial charge in [0.15, 0.2) is 5.76 Å². The zero-order chi connectivity index (χ0) is 22.4. The first kappa shape index (κ1) is 22.3. The molecule has 2 aromatic carbocycles. The molecule has 0 radical (unpaired) electrons. The number of amides is 2. The summed E-state index contributed by atoms with van der Waals surface area (Å²) in [5, 5.41) is 5.26. The fourth-order valence-corrected chi connectivity index (χ4v) is 3.80. The lowest BCUT2D eigenvalue weighted by Crippen LogP contribution is -2.34. The molecule has 0 aliphatic heterocycles. The number of hydrogen-bond donors (Lipinski definition) is 3. The number of hydrogen-bond acceptors (Lipinski definition) is 5. The van der Waals surface area contributed by atoms with E-state index in [0.717, 1.165) is 24.3 Å². The van der Waals surface area contributed by atoms with E-state index in [1.807, 2.05) is 0 Å². The van der Waals surface area contributed by atoms with E-state index in [0.29, 0.717) is 0 Å². The molecule has 31 heavy (non-hydrogen) atoms. The Balaban J connectivity index is 1.61. The van der Waals surface area contributed by atoms with Gasteiger partial charge in [0.2, 0.25) is 0 Å². The molecule has 8 nitrogen and oxygen atoms in total. The van der Waals surface area contributed by atoms with Crippen molar-refractivity contribution in [2.45, 2.75) is 4.90 Å². The van der Waals surface area contributed by atoms with E-state index in [4.69, 9.17) is 16.0 Å². The lowest BCUT2D eigenvalue weighted by Gasteiger charge is -2.12. The highest BCUT2D eigenvalue weighted by Gasteiger charge is 2.17. The molecule has 3 N–H and O–H groups in total. The average Bonchev–Trinajstić information content (AvgIpc) is 3.27. The molecule has 1 aromatic heterocycles. The van der Waals surface area contributed by atoms with Crippen LogP contribution in [-0.4, -0.2) is 33.3 Å². The van der Waals surface area contributed by atoms with E-state index in [9.17, 15) is 22.4 Å². The van der Waals surface area contributed by atoms with Crippen LogP contribution >= 0.6 is 11.6 Å². The lowest BCUT2D eigenvalue weighted by atomic mass is 10.2. The third kappa shape index (κ3) is 5.83. The number of carbonyl (C=O) groups excluding carboxylic acids is 2. The van der Waals surface area contributed by atoms with Crippen molar-refractivity contribution in [1.29, 1.82) is 0 Å². The molecule has 0 saturated heterocycles. The summed E-state index contributed by atoms with van der Waals surface area (Å²) in [5.41, 5.74) is 0.142. The first-order valence-corrected chi connectivity index (χ1v) is 10.8. The first-order valence-electron chi connectivity index (χ1n) is 8.94. The SMILES string of the molecule is O=C(NCCNC(=O)c1ccco1)c1ccc(Cl)c(NS(=O)(=O)c2ccc(F)cc2)c1. The molecule has 162 valence electrons. The molecular formula is C20H17ClFN3O5S. The summed E-state index contributed by atoms with van der Waals surface area (Å²) < 4.78 is 45.2. The maximum atomic E-state index is 13.0. The highest BCUT2D eigenvalue weighted by Crippen LogP contribution is 2.26. The molecule has 3 rings (SSSR count). The Bertz CT molecular complexity index is 1180. The van der Waals surface area contributed by atoms with Gasteiger partial charge < -0.3 is 15.1 Å². The normalized spacial score (nSPS) is 11.0. The van der Waals surface area contributed by atoms with Crippen molar-refractivity contribution in [3.63, 3.8) is 0 Å². The predicted octanol–water partition coefficient (Wildman–Crippen LogP) is 3.03. The van der Waals surface area contributed by atoms with Crippen molar-refractivity contribution < 1.29 is 26.8 Å². The number of carbonyl (C=O) groups is 2. The van der Waals surface area contributed by atoms with Gasteiger partial charge in [-0.1, -0.05) is 11.6 Å². The van der Waals surface area contributed by atoms with Gasteiger partial charge in [-0.3, -0.25) is 14.3 Å². The van der Waals surface area contributed by atoms with Crippen LogP contribution in [-0.2, 0) is 10.0 Å². The number of benzene rings is 2. The molecule has 0 aliphatic rings. The Morgan fingerprint density at radius 3 is 2.29 bits per heavy atom. The van der Waals surface area contributed by atoms with Crippen LogP contribution in [0.15, 0.2) is 70.2 Å². The molecule has 0 spiro atoms. The standard InChI is InChI=1S/C20H17ClFN3O5S/c21-16-8-3-13(19(26)23-9-10-24-20(27)18-2-1-11-30-18)12-17(16)25-31(28,29)15-6-4-14(22)5-7-15/h1-8,11-12,25H,9-10H2,(H,23,26)(H,24,27). The maximum Gasteiger partial charge on any atom is 0.287 e. The van der Waals surface area contributed by atoms with Gasteiger partial charge >= 0.3 is 0 Å². The second kappa shape index (κ2) is 9.63. The van der Waals surface area contributed by atoms with Crippen LogP contribution in [0.2, 0.25) is 5.02 Å². The second-order valence-electron chi connectivity index (χ2n) is 6.24. The monoisotopic (exact) mass is 465 g/mol. The van der Waals surface area contributed by atoms with Crippen molar-refractivity contribution in [3.8, 4) is 0 Å². The Kier molecular flexibility index (Phi) is 6.93. The third-order valence-corrected chi connectivity index (χ3v) is 5.75. The quantitative estimate of drug-likeness (QED) is 0.442. The van der Waals surface area contributed by atoms with E-state index in [1.54, 1.807) is 6.07 Å². The van der Waals surface area contributed by atoms with Crippen LogP contribution in [0.3, 0.4) is 0 Å². The molecule has 0 aliphatic carbocycles. The van der Waals surface area contributed by atoms with Crippen molar-refractivity contribution >= 4 is 39.1 Å². The zero-order valence-corrected chi connectivity index (χ0v) is 17.5. The van der Waals surface area contributed by atoms with Crippen LogP contribution in [0.1, 0.15) is 20.9 Å². The van der Waals surface area contributed by atoms with Crippen LogP contribution in [0.4, 0.5) is 10.1 Å². The average molecular weight is 466 g/mol. The molecule has 3 aromatic rings. The summed E-state index contributed by atoms with van der Waals surface area (Å²) in [6.45, 7) is 0.285. The van der Waals surface area contributed by atoms with Crippen molar-refractivity contribution in [1.82, 2.24) is 10.6 Å². The van der Waals surface area contributed by atoms with Gasteiger partial charge in [0.05, 0.1) is 21.9 Å². The largest absolute Gasteiger partial charge is 0.459 e. The number of furan rings is 1. The summed E-state index contributed by atoms with van der Waals surface area (Å²) in [5.74, 6) is -1.33. The summed E-state index contributed by atoms with van der Waals surface area (Å²) in [6.07, 6.45) is 1.37. The van der Waals surface area contributed by atoms with Gasteiger partial charge in [-0.25, -0.2) is 12.8 Å². The zero-order valence-electron chi connectivity index (χ0n) is 15.9. The van der Waals surface area contributed by atoms with Crippen LogP contribution in [0, 0.1) is 5.82 Å². The minimum Gasteiger partial charge on any atom is -0.459 e. The number of nitrogens with one attached hydrogen (secondary N) is 3. The molecule has 0 fully saturated rings. The number of anilines is 1. The lowest BCUT2D eigenvalue weighted by molar-refractivity contribution is 0.0910. The van der Waals surface area contributed by atoms with Gasteiger partial charge in [-0.15, -0.1) is 0 Å². The van der Waals surface area contributed by atoms with Gasteiger partial charge in [-0.05, 0) is 54.6 Å². The van der Waals surface area contributed by atoms with E-state index >= 15 is 0 Å². The minimum atomic E-state index is -4.04. The molecule has 0 bridgehead atoms. The fraction of sp³-hybridized carbons (Fsp3) is 0.100. The smallest absolute Gasteiger partial charge is 0.287 e. The maximum absolute atomic E-state index is 13.0. The van der Waals surface area contributed by atoms with Gasteiger partial charge in [0.1, 0.15) is 5.82 Å². The molecule has 0 saturated carbocycles. The number of sulfonamides is 1. The third-order valence-electron chi connectivity index (χ3n) is 4.04. The highest BCUT2D eigenvalue weighted by molar-refractivity contribution is 7.92. The highest BCUT2D eigenvalue weighted by atomic mass is 35.5.